The fourth-order valence-electron chi connectivity index (χ4n) is 0.973. The van der Waals surface area contributed by atoms with Gasteiger partial charge in [-0.2, -0.15) is 0 Å². The van der Waals surface area contributed by atoms with Gasteiger partial charge < -0.3 is 4.90 Å². The van der Waals surface area contributed by atoms with Crippen LogP contribution in [-0.2, 0) is 6.42 Å². The smallest absolute Gasteiger partial charge is 0.263 e. The van der Waals surface area contributed by atoms with Crippen molar-refractivity contribution in [2.24, 2.45) is 0 Å². The SMILES string of the molecule is CCc1sc(C(=O)N(C)C)cc1Br. The highest BCUT2D eigenvalue weighted by atomic mass is 79.9. The Balaban J connectivity index is 2.97. The van der Waals surface area contributed by atoms with E-state index in [1.807, 2.05) is 6.07 Å². The fourth-order valence-corrected chi connectivity index (χ4v) is 2.89. The van der Waals surface area contributed by atoms with Crippen LogP contribution in [0.2, 0.25) is 0 Å². The van der Waals surface area contributed by atoms with Gasteiger partial charge in [-0.05, 0) is 28.4 Å². The standard InChI is InChI=1S/C9H12BrNOS/c1-4-7-6(10)5-8(13-7)9(12)11(2)3/h5H,4H2,1-3H3. The zero-order valence-corrected chi connectivity index (χ0v) is 10.3. The Morgan fingerprint density at radius 2 is 2.23 bits per heavy atom. The molecule has 0 N–H and O–H groups in total. The Morgan fingerprint density at radius 3 is 2.62 bits per heavy atom. The summed E-state index contributed by atoms with van der Waals surface area (Å²) in [6, 6.07) is 1.89. The van der Waals surface area contributed by atoms with Crippen LogP contribution in [0, 0.1) is 0 Å². The summed E-state index contributed by atoms with van der Waals surface area (Å²) < 4.78 is 1.05. The lowest BCUT2D eigenvalue weighted by Crippen LogP contribution is -2.20. The number of hydrogen-bond acceptors (Lipinski definition) is 2. The van der Waals surface area contributed by atoms with E-state index in [9.17, 15) is 4.79 Å². The molecular weight excluding hydrogens is 250 g/mol. The number of halogens is 1. The molecule has 0 bridgehead atoms. The van der Waals surface area contributed by atoms with Gasteiger partial charge in [0, 0.05) is 23.4 Å². The molecule has 0 radical (unpaired) electrons. The molecule has 0 atom stereocenters. The molecule has 1 rings (SSSR count). The molecule has 2 nitrogen and oxygen atoms in total. The minimum absolute atomic E-state index is 0.0744. The van der Waals surface area contributed by atoms with Gasteiger partial charge in [-0.25, -0.2) is 0 Å². The summed E-state index contributed by atoms with van der Waals surface area (Å²) >= 11 is 4.99. The van der Waals surface area contributed by atoms with Crippen LogP contribution in [0.4, 0.5) is 0 Å². The molecule has 13 heavy (non-hydrogen) atoms. The lowest BCUT2D eigenvalue weighted by Gasteiger charge is -2.06. The number of aryl methyl sites for hydroxylation is 1. The summed E-state index contributed by atoms with van der Waals surface area (Å²) in [6.07, 6.45) is 0.964. The van der Waals surface area contributed by atoms with Gasteiger partial charge in [0.05, 0.1) is 4.88 Å². The first-order chi connectivity index (χ1) is 6.06. The first kappa shape index (κ1) is 10.7. The van der Waals surface area contributed by atoms with Crippen LogP contribution in [0.3, 0.4) is 0 Å². The highest BCUT2D eigenvalue weighted by molar-refractivity contribution is 9.10. The Morgan fingerprint density at radius 1 is 1.62 bits per heavy atom. The predicted octanol–water partition coefficient (Wildman–Crippen LogP) is 2.77. The summed E-state index contributed by atoms with van der Waals surface area (Å²) in [5.41, 5.74) is 0. The third kappa shape index (κ3) is 2.31. The molecule has 0 aromatic carbocycles. The van der Waals surface area contributed by atoms with Crippen LogP contribution in [0.15, 0.2) is 10.5 Å². The molecule has 0 aliphatic rings. The summed E-state index contributed by atoms with van der Waals surface area (Å²) in [5, 5.41) is 0. The molecular formula is C9H12BrNOS. The molecule has 1 heterocycles. The topological polar surface area (TPSA) is 20.3 Å². The Hall–Kier alpha value is -0.350. The van der Waals surface area contributed by atoms with Crippen LogP contribution in [-0.4, -0.2) is 24.9 Å². The minimum atomic E-state index is 0.0744. The molecule has 1 amide bonds. The highest BCUT2D eigenvalue weighted by Gasteiger charge is 2.13. The lowest BCUT2D eigenvalue weighted by atomic mass is 10.3. The second-order valence-corrected chi connectivity index (χ2v) is 4.93. The number of nitrogens with zero attached hydrogens (tertiary/aromatic N) is 1. The van der Waals surface area contributed by atoms with Gasteiger partial charge in [-0.1, -0.05) is 6.92 Å². The summed E-state index contributed by atoms with van der Waals surface area (Å²) in [4.78, 5) is 15.2. The van der Waals surface area contributed by atoms with E-state index in [1.54, 1.807) is 30.3 Å². The van der Waals surface area contributed by atoms with Gasteiger partial charge in [0.15, 0.2) is 0 Å². The maximum Gasteiger partial charge on any atom is 0.263 e. The van der Waals surface area contributed by atoms with Crippen LogP contribution in [0.1, 0.15) is 21.5 Å². The van der Waals surface area contributed by atoms with Crippen LogP contribution < -0.4 is 0 Å². The molecule has 0 spiro atoms. The van der Waals surface area contributed by atoms with Gasteiger partial charge in [-0.15, -0.1) is 11.3 Å². The lowest BCUT2D eigenvalue weighted by molar-refractivity contribution is 0.0832. The first-order valence-corrected chi connectivity index (χ1v) is 5.67. The van der Waals surface area contributed by atoms with E-state index in [4.69, 9.17) is 0 Å². The normalized spacial score (nSPS) is 10.2. The van der Waals surface area contributed by atoms with Gasteiger partial charge in [0.2, 0.25) is 0 Å². The van der Waals surface area contributed by atoms with E-state index in [2.05, 4.69) is 22.9 Å². The molecule has 1 aromatic rings. The molecule has 0 aliphatic carbocycles. The van der Waals surface area contributed by atoms with Crippen molar-refractivity contribution in [3.63, 3.8) is 0 Å². The van der Waals surface area contributed by atoms with Crippen LogP contribution >= 0.6 is 27.3 Å². The van der Waals surface area contributed by atoms with Crippen molar-refractivity contribution in [2.75, 3.05) is 14.1 Å². The second kappa shape index (κ2) is 4.24. The Labute approximate surface area is 90.7 Å². The van der Waals surface area contributed by atoms with E-state index in [0.717, 1.165) is 15.8 Å². The molecule has 0 aliphatic heterocycles. The average Bonchev–Trinajstić information content (AvgIpc) is 2.45. The average molecular weight is 262 g/mol. The molecule has 72 valence electrons. The predicted molar refractivity (Wildman–Crippen MR) is 59.4 cm³/mol. The second-order valence-electron chi connectivity index (χ2n) is 2.93. The fraction of sp³-hybridized carbons (Fsp3) is 0.444. The van der Waals surface area contributed by atoms with E-state index in [0.29, 0.717) is 0 Å². The van der Waals surface area contributed by atoms with Crippen molar-refractivity contribution >= 4 is 33.2 Å². The van der Waals surface area contributed by atoms with Gasteiger partial charge >= 0.3 is 0 Å². The third-order valence-corrected chi connectivity index (χ3v) is 3.93. The highest BCUT2D eigenvalue weighted by Crippen LogP contribution is 2.28. The van der Waals surface area contributed by atoms with Crippen molar-refractivity contribution in [3.05, 3.63) is 20.3 Å². The Kier molecular flexibility index (Phi) is 3.50. The molecule has 0 unspecified atom stereocenters. The summed E-state index contributed by atoms with van der Waals surface area (Å²) in [7, 11) is 3.53. The van der Waals surface area contributed by atoms with Gasteiger partial charge in [0.25, 0.3) is 5.91 Å². The quantitative estimate of drug-likeness (QED) is 0.802. The summed E-state index contributed by atoms with van der Waals surface area (Å²) in [5.74, 6) is 0.0744. The van der Waals surface area contributed by atoms with Crippen molar-refractivity contribution < 1.29 is 4.79 Å². The van der Waals surface area contributed by atoms with Crippen molar-refractivity contribution in [1.29, 1.82) is 0 Å². The zero-order valence-electron chi connectivity index (χ0n) is 7.93. The van der Waals surface area contributed by atoms with Crippen LogP contribution in [0.5, 0.6) is 0 Å². The maximum atomic E-state index is 11.5. The monoisotopic (exact) mass is 261 g/mol. The van der Waals surface area contributed by atoms with Crippen molar-refractivity contribution in [1.82, 2.24) is 4.90 Å². The molecule has 0 saturated heterocycles. The Bertz CT molecular complexity index is 319. The maximum absolute atomic E-state index is 11.5. The number of rotatable bonds is 2. The van der Waals surface area contributed by atoms with Crippen LogP contribution in [0.25, 0.3) is 0 Å². The van der Waals surface area contributed by atoms with Crippen molar-refractivity contribution in [3.8, 4) is 0 Å². The number of carbonyl (C=O) groups is 1. The summed E-state index contributed by atoms with van der Waals surface area (Å²) in [6.45, 7) is 2.08. The van der Waals surface area contributed by atoms with E-state index in [1.165, 1.54) is 4.88 Å². The van der Waals surface area contributed by atoms with Crippen molar-refractivity contribution in [2.45, 2.75) is 13.3 Å². The van der Waals surface area contributed by atoms with E-state index >= 15 is 0 Å². The van der Waals surface area contributed by atoms with E-state index < -0.39 is 0 Å². The first-order valence-electron chi connectivity index (χ1n) is 4.06. The molecule has 0 saturated carbocycles. The zero-order chi connectivity index (χ0) is 10.0. The van der Waals surface area contributed by atoms with Gasteiger partial charge in [0.1, 0.15) is 0 Å². The number of thiophene rings is 1. The largest absolute Gasteiger partial charge is 0.344 e. The molecule has 1 aromatic heterocycles. The number of amides is 1. The minimum Gasteiger partial charge on any atom is -0.344 e. The number of hydrogen-bond donors (Lipinski definition) is 0. The van der Waals surface area contributed by atoms with Gasteiger partial charge in [-0.3, -0.25) is 4.79 Å². The number of carbonyl (C=O) groups excluding carboxylic acids is 1. The molecule has 0 fully saturated rings. The molecule has 4 heteroatoms. The van der Waals surface area contributed by atoms with E-state index in [-0.39, 0.29) is 5.91 Å². The third-order valence-electron chi connectivity index (χ3n) is 1.70.